The van der Waals surface area contributed by atoms with Crippen molar-refractivity contribution in [1.82, 2.24) is 10.2 Å². The summed E-state index contributed by atoms with van der Waals surface area (Å²) < 4.78 is 4.55. The summed E-state index contributed by atoms with van der Waals surface area (Å²) in [6.45, 7) is 4.56. The molecule has 1 heterocycles. The average Bonchev–Trinajstić information content (AvgIpc) is 2.74. The number of esters is 1. The smallest absolute Gasteiger partial charge is 0.307 e. The van der Waals surface area contributed by atoms with Gasteiger partial charge in [-0.15, -0.1) is 24.0 Å². The van der Waals surface area contributed by atoms with Crippen LogP contribution in [0.15, 0.2) is 4.99 Å². The van der Waals surface area contributed by atoms with Gasteiger partial charge in [0.15, 0.2) is 5.96 Å². The lowest BCUT2D eigenvalue weighted by Crippen LogP contribution is -2.40. The van der Waals surface area contributed by atoms with Gasteiger partial charge in [0.1, 0.15) is 0 Å². The van der Waals surface area contributed by atoms with Crippen LogP contribution in [0.1, 0.15) is 19.8 Å². The number of ether oxygens (including phenoxy) is 1. The zero-order valence-electron chi connectivity index (χ0n) is 10.9. The van der Waals surface area contributed by atoms with Crippen LogP contribution in [0.25, 0.3) is 0 Å². The van der Waals surface area contributed by atoms with Crippen molar-refractivity contribution in [1.29, 1.82) is 0 Å². The Morgan fingerprint density at radius 3 is 2.83 bits per heavy atom. The predicted molar refractivity (Wildman–Crippen MR) is 80.2 cm³/mol. The van der Waals surface area contributed by atoms with Crippen molar-refractivity contribution in [2.75, 3.05) is 33.3 Å². The molecule has 1 saturated heterocycles. The Morgan fingerprint density at radius 2 is 2.33 bits per heavy atom. The molecule has 18 heavy (non-hydrogen) atoms. The monoisotopic (exact) mass is 371 g/mol. The number of aliphatic imine (C=N–C) groups is 1. The number of hydrogen-bond donors (Lipinski definition) is 2. The van der Waals surface area contributed by atoms with E-state index in [0.29, 0.717) is 13.1 Å². The quantitative estimate of drug-likeness (QED) is 0.320. The van der Waals surface area contributed by atoms with Crippen molar-refractivity contribution in [2.45, 2.75) is 25.9 Å². The fraction of sp³-hybridized carbons (Fsp3) is 0.818. The molecule has 0 radical (unpaired) electrons. The van der Waals surface area contributed by atoms with Gasteiger partial charge in [0.2, 0.25) is 0 Å². The Hall–Kier alpha value is -0.570. The van der Waals surface area contributed by atoms with Gasteiger partial charge in [-0.3, -0.25) is 9.79 Å². The molecule has 1 fully saturated rings. The lowest BCUT2D eigenvalue weighted by Gasteiger charge is -2.20. The van der Waals surface area contributed by atoms with E-state index in [9.17, 15) is 9.90 Å². The molecule has 1 aliphatic rings. The third-order valence-corrected chi connectivity index (χ3v) is 2.60. The number of carbonyl (C=O) groups is 1. The van der Waals surface area contributed by atoms with E-state index < -0.39 is 0 Å². The number of hydrogen-bond acceptors (Lipinski definition) is 4. The lowest BCUT2D eigenvalue weighted by atomic mass is 10.3. The molecule has 0 aromatic heterocycles. The molecule has 1 atom stereocenters. The first kappa shape index (κ1) is 17.4. The minimum Gasteiger partial charge on any atom is -0.469 e. The maximum atomic E-state index is 11.0. The van der Waals surface area contributed by atoms with Gasteiger partial charge in [-0.1, -0.05) is 0 Å². The van der Waals surface area contributed by atoms with Crippen LogP contribution >= 0.6 is 24.0 Å². The van der Waals surface area contributed by atoms with Crippen LogP contribution in [0.2, 0.25) is 0 Å². The fourth-order valence-electron chi connectivity index (χ4n) is 1.72. The molecule has 7 heteroatoms. The number of likely N-dealkylation sites (tertiary alicyclic amines) is 1. The first-order chi connectivity index (χ1) is 8.17. The van der Waals surface area contributed by atoms with Crippen LogP contribution in [0.5, 0.6) is 0 Å². The molecule has 0 aromatic carbocycles. The number of nitrogens with one attached hydrogen (secondary N) is 1. The predicted octanol–water partition coefficient (Wildman–Crippen LogP) is 0.200. The van der Waals surface area contributed by atoms with Gasteiger partial charge >= 0.3 is 5.97 Å². The Bertz CT molecular complexity index is 287. The summed E-state index contributed by atoms with van der Waals surface area (Å²) in [5.74, 6) is 0.499. The van der Waals surface area contributed by atoms with Crippen molar-refractivity contribution >= 4 is 35.9 Å². The van der Waals surface area contributed by atoms with Gasteiger partial charge in [0.05, 0.1) is 26.2 Å². The SMILES string of the molecule is CCNC(=NCCC(=O)OC)N1CC[C@@H](O)C1.I. The standard InChI is InChI=1S/C11H21N3O3.HI/c1-3-12-11(13-6-4-10(16)17-2)14-7-5-9(15)8-14;/h9,15H,3-8H2,1-2H3,(H,12,13);1H/t9-;/m1./s1. The molecular formula is C11H22IN3O3. The molecular weight excluding hydrogens is 349 g/mol. The molecule has 0 spiro atoms. The molecule has 0 amide bonds. The van der Waals surface area contributed by atoms with Gasteiger partial charge in [-0.2, -0.15) is 0 Å². The molecule has 6 nitrogen and oxygen atoms in total. The van der Waals surface area contributed by atoms with Crippen molar-refractivity contribution in [2.24, 2.45) is 4.99 Å². The number of carbonyl (C=O) groups excluding carboxylic acids is 1. The lowest BCUT2D eigenvalue weighted by molar-refractivity contribution is -0.140. The van der Waals surface area contributed by atoms with E-state index >= 15 is 0 Å². The fourth-order valence-corrected chi connectivity index (χ4v) is 1.72. The van der Waals surface area contributed by atoms with Gasteiger partial charge in [-0.05, 0) is 13.3 Å². The maximum Gasteiger partial charge on any atom is 0.307 e. The highest BCUT2D eigenvalue weighted by molar-refractivity contribution is 14.0. The van der Waals surface area contributed by atoms with Gasteiger partial charge in [-0.25, -0.2) is 0 Å². The van der Waals surface area contributed by atoms with Crippen LogP contribution in [0.4, 0.5) is 0 Å². The Morgan fingerprint density at radius 1 is 1.61 bits per heavy atom. The number of guanidine groups is 1. The summed E-state index contributed by atoms with van der Waals surface area (Å²) in [6.07, 6.45) is 0.767. The van der Waals surface area contributed by atoms with Gasteiger partial charge in [0, 0.05) is 19.6 Å². The highest BCUT2D eigenvalue weighted by Gasteiger charge is 2.22. The second-order valence-electron chi connectivity index (χ2n) is 3.95. The van der Waals surface area contributed by atoms with E-state index in [1.807, 2.05) is 11.8 Å². The second-order valence-corrected chi connectivity index (χ2v) is 3.95. The number of methoxy groups -OCH3 is 1. The van der Waals surface area contributed by atoms with E-state index in [1.165, 1.54) is 7.11 Å². The van der Waals surface area contributed by atoms with E-state index in [4.69, 9.17) is 0 Å². The molecule has 1 rings (SSSR count). The van der Waals surface area contributed by atoms with E-state index in [1.54, 1.807) is 0 Å². The summed E-state index contributed by atoms with van der Waals surface area (Å²) in [6, 6.07) is 0. The molecule has 0 bridgehead atoms. The maximum absolute atomic E-state index is 11.0. The number of nitrogens with zero attached hydrogens (tertiary/aromatic N) is 2. The minimum absolute atomic E-state index is 0. The highest BCUT2D eigenvalue weighted by atomic mass is 127. The van der Waals surface area contributed by atoms with Crippen LogP contribution < -0.4 is 5.32 Å². The minimum atomic E-state index is -0.278. The summed E-state index contributed by atoms with van der Waals surface area (Å²) >= 11 is 0. The molecule has 106 valence electrons. The molecule has 0 unspecified atom stereocenters. The number of β-amino-alcohol motifs (C(OH)–C–C–N with tert-alkyl or cyclic N) is 1. The van der Waals surface area contributed by atoms with Crippen LogP contribution in [0.3, 0.4) is 0 Å². The average molecular weight is 371 g/mol. The van der Waals surface area contributed by atoms with Crippen LogP contribution in [-0.4, -0.2) is 61.3 Å². The number of aliphatic hydroxyl groups is 1. The molecule has 1 aliphatic heterocycles. The van der Waals surface area contributed by atoms with E-state index in [0.717, 1.165) is 25.5 Å². The second kappa shape index (κ2) is 9.37. The summed E-state index contributed by atoms with van der Waals surface area (Å²) in [5, 5.41) is 12.6. The first-order valence-corrected chi connectivity index (χ1v) is 5.95. The van der Waals surface area contributed by atoms with Crippen molar-refractivity contribution in [3.63, 3.8) is 0 Å². The number of rotatable bonds is 4. The summed E-state index contributed by atoms with van der Waals surface area (Å²) in [5.41, 5.74) is 0. The third kappa shape index (κ3) is 5.85. The Kier molecular flexibility index (Phi) is 9.08. The third-order valence-electron chi connectivity index (χ3n) is 2.60. The molecule has 0 aliphatic carbocycles. The number of halogens is 1. The van der Waals surface area contributed by atoms with Crippen molar-refractivity contribution < 1.29 is 14.6 Å². The van der Waals surface area contributed by atoms with Gasteiger partial charge in [0.25, 0.3) is 0 Å². The summed E-state index contributed by atoms with van der Waals surface area (Å²) in [4.78, 5) is 17.3. The normalized spacial score (nSPS) is 19.4. The summed E-state index contributed by atoms with van der Waals surface area (Å²) in [7, 11) is 1.37. The highest BCUT2D eigenvalue weighted by Crippen LogP contribution is 2.08. The van der Waals surface area contributed by atoms with E-state index in [2.05, 4.69) is 15.0 Å². The van der Waals surface area contributed by atoms with Crippen molar-refractivity contribution in [3.8, 4) is 0 Å². The van der Waals surface area contributed by atoms with E-state index in [-0.39, 0.29) is 42.5 Å². The Labute approximate surface area is 125 Å². The first-order valence-electron chi connectivity index (χ1n) is 5.95. The van der Waals surface area contributed by atoms with Crippen LogP contribution in [0, 0.1) is 0 Å². The Balaban J connectivity index is 0.00000289. The molecule has 2 N–H and O–H groups in total. The molecule has 0 aromatic rings. The van der Waals surface area contributed by atoms with Crippen LogP contribution in [-0.2, 0) is 9.53 Å². The topological polar surface area (TPSA) is 74.2 Å². The van der Waals surface area contributed by atoms with Gasteiger partial charge < -0.3 is 20.1 Å². The zero-order valence-corrected chi connectivity index (χ0v) is 13.2. The van der Waals surface area contributed by atoms with Crippen molar-refractivity contribution in [3.05, 3.63) is 0 Å². The molecule has 0 saturated carbocycles. The largest absolute Gasteiger partial charge is 0.469 e. The zero-order chi connectivity index (χ0) is 12.7. The number of aliphatic hydroxyl groups excluding tert-OH is 1.